The van der Waals surface area contributed by atoms with Crippen molar-refractivity contribution in [1.82, 2.24) is 5.32 Å². The van der Waals surface area contributed by atoms with Crippen molar-refractivity contribution in [1.29, 1.82) is 0 Å². The van der Waals surface area contributed by atoms with Gasteiger partial charge in [0.25, 0.3) is 0 Å². The van der Waals surface area contributed by atoms with Crippen LogP contribution in [-0.4, -0.2) is 11.2 Å². The largest absolute Gasteiger partial charge is 0.360 e. The third-order valence-electron chi connectivity index (χ3n) is 3.73. The zero-order valence-electron chi connectivity index (χ0n) is 13.3. The summed E-state index contributed by atoms with van der Waals surface area (Å²) in [5, 5.41) is 7.38. The number of benzene rings is 2. The Balaban J connectivity index is 1.81. The van der Waals surface area contributed by atoms with Gasteiger partial charge in [0.1, 0.15) is 0 Å². The van der Waals surface area contributed by atoms with E-state index in [1.165, 1.54) is 11.1 Å². The molecule has 2 rings (SSSR count). The van der Waals surface area contributed by atoms with Crippen molar-refractivity contribution in [3.8, 4) is 0 Å². The van der Waals surface area contributed by atoms with Gasteiger partial charge in [0.05, 0.1) is 0 Å². The Morgan fingerprint density at radius 1 is 1.05 bits per heavy atom. The minimum Gasteiger partial charge on any atom is -0.360 e. The maximum absolute atomic E-state index is 5.43. The van der Waals surface area contributed by atoms with Gasteiger partial charge in [0.2, 0.25) is 0 Å². The molecule has 2 N–H and O–H groups in total. The van der Waals surface area contributed by atoms with Gasteiger partial charge >= 0.3 is 0 Å². The highest BCUT2D eigenvalue weighted by Crippen LogP contribution is 2.15. The fourth-order valence-electron chi connectivity index (χ4n) is 2.43. The van der Waals surface area contributed by atoms with E-state index in [-0.39, 0.29) is 0 Å². The van der Waals surface area contributed by atoms with Crippen molar-refractivity contribution < 1.29 is 0 Å². The van der Waals surface area contributed by atoms with Crippen molar-refractivity contribution in [2.24, 2.45) is 0 Å². The van der Waals surface area contributed by atoms with Crippen LogP contribution in [0.25, 0.3) is 0 Å². The zero-order valence-corrected chi connectivity index (χ0v) is 14.1. The fourth-order valence-corrected chi connectivity index (χ4v) is 2.74. The molecule has 0 saturated heterocycles. The quantitative estimate of drug-likeness (QED) is 0.765. The van der Waals surface area contributed by atoms with Crippen molar-refractivity contribution in [3.63, 3.8) is 0 Å². The molecule has 0 aliphatic rings. The number of aryl methyl sites for hydroxylation is 2. The van der Waals surface area contributed by atoms with Gasteiger partial charge in [0, 0.05) is 11.7 Å². The van der Waals surface area contributed by atoms with Crippen LogP contribution in [-0.2, 0) is 12.8 Å². The molecule has 2 nitrogen and oxygen atoms in total. The molecule has 0 aromatic heterocycles. The van der Waals surface area contributed by atoms with Crippen LogP contribution < -0.4 is 10.6 Å². The minimum absolute atomic E-state index is 0.342. The van der Waals surface area contributed by atoms with E-state index in [1.54, 1.807) is 0 Å². The number of anilines is 1. The van der Waals surface area contributed by atoms with Gasteiger partial charge in [-0.2, -0.15) is 0 Å². The topological polar surface area (TPSA) is 24.1 Å². The summed E-state index contributed by atoms with van der Waals surface area (Å²) in [6.07, 6.45) is 3.11. The summed E-state index contributed by atoms with van der Waals surface area (Å²) in [7, 11) is 0. The molecule has 0 bridgehead atoms. The molecule has 3 heteroatoms. The summed E-state index contributed by atoms with van der Waals surface area (Å²) < 4.78 is 0. The first-order valence-corrected chi connectivity index (χ1v) is 8.29. The lowest BCUT2D eigenvalue weighted by Crippen LogP contribution is -2.36. The molecule has 0 aliphatic carbocycles. The summed E-state index contributed by atoms with van der Waals surface area (Å²) >= 11 is 5.43. The lowest BCUT2D eigenvalue weighted by molar-refractivity contribution is 0.609. The highest BCUT2D eigenvalue weighted by Gasteiger charge is 2.06. The van der Waals surface area contributed by atoms with E-state index in [0.717, 1.165) is 24.9 Å². The lowest BCUT2D eigenvalue weighted by atomic mass is 10.1. The lowest BCUT2D eigenvalue weighted by Gasteiger charge is -2.18. The van der Waals surface area contributed by atoms with E-state index < -0.39 is 0 Å². The summed E-state index contributed by atoms with van der Waals surface area (Å²) in [5.41, 5.74) is 3.74. The van der Waals surface area contributed by atoms with Gasteiger partial charge in [-0.15, -0.1) is 0 Å². The highest BCUT2D eigenvalue weighted by atomic mass is 32.1. The number of hydrogen-bond acceptors (Lipinski definition) is 1. The first-order valence-electron chi connectivity index (χ1n) is 7.88. The molecule has 0 amide bonds. The van der Waals surface area contributed by atoms with E-state index in [0.29, 0.717) is 11.2 Å². The van der Waals surface area contributed by atoms with Gasteiger partial charge in [-0.1, -0.05) is 55.5 Å². The van der Waals surface area contributed by atoms with Crippen LogP contribution in [0.5, 0.6) is 0 Å². The molecule has 0 saturated carbocycles. The average Bonchev–Trinajstić information content (AvgIpc) is 2.54. The van der Waals surface area contributed by atoms with E-state index >= 15 is 0 Å². The van der Waals surface area contributed by atoms with E-state index in [4.69, 9.17) is 12.2 Å². The smallest absolute Gasteiger partial charge is 0.170 e. The first kappa shape index (κ1) is 16.5. The van der Waals surface area contributed by atoms with Crippen molar-refractivity contribution in [3.05, 3.63) is 65.7 Å². The number of thiocarbonyl (C=S) groups is 1. The Bertz CT molecular complexity index is 595. The highest BCUT2D eigenvalue weighted by molar-refractivity contribution is 7.80. The Kier molecular flexibility index (Phi) is 6.41. The van der Waals surface area contributed by atoms with Crippen LogP contribution in [0.3, 0.4) is 0 Å². The maximum Gasteiger partial charge on any atom is 0.170 e. The van der Waals surface area contributed by atoms with Gasteiger partial charge < -0.3 is 10.6 Å². The van der Waals surface area contributed by atoms with Crippen LogP contribution >= 0.6 is 12.2 Å². The van der Waals surface area contributed by atoms with Gasteiger partial charge in [-0.05, 0) is 55.6 Å². The number of hydrogen-bond donors (Lipinski definition) is 2. The standard InChI is InChI=1S/C19H24N2S/c1-3-17-11-7-8-12-18(17)21-19(22)20-15(2)13-14-16-9-5-4-6-10-16/h4-12,15H,3,13-14H2,1-2H3,(H2,20,21,22)/t15-/m1/s1. The van der Waals surface area contributed by atoms with Crippen molar-refractivity contribution in [2.45, 2.75) is 39.2 Å². The van der Waals surface area contributed by atoms with Crippen LogP contribution in [0.1, 0.15) is 31.4 Å². The Morgan fingerprint density at radius 3 is 2.45 bits per heavy atom. The van der Waals surface area contributed by atoms with Crippen LogP contribution in [0.15, 0.2) is 54.6 Å². The molecule has 0 fully saturated rings. The molecular formula is C19H24N2S. The molecule has 0 spiro atoms. The van der Waals surface area contributed by atoms with Gasteiger partial charge in [-0.3, -0.25) is 0 Å². The summed E-state index contributed by atoms with van der Waals surface area (Å²) in [5.74, 6) is 0. The first-order chi connectivity index (χ1) is 10.7. The second-order valence-electron chi connectivity index (χ2n) is 5.53. The number of nitrogens with one attached hydrogen (secondary N) is 2. The van der Waals surface area contributed by atoms with Crippen molar-refractivity contribution in [2.75, 3.05) is 5.32 Å². The monoisotopic (exact) mass is 312 g/mol. The molecule has 116 valence electrons. The minimum atomic E-state index is 0.342. The predicted octanol–water partition coefficient (Wildman–Crippen LogP) is 4.56. The summed E-state index contributed by atoms with van der Waals surface area (Å²) in [6, 6.07) is 19.2. The SMILES string of the molecule is CCc1ccccc1NC(=S)N[C@H](C)CCc1ccccc1. The Labute approximate surface area is 139 Å². The third kappa shape index (κ3) is 5.15. The molecule has 0 heterocycles. The molecule has 22 heavy (non-hydrogen) atoms. The van der Waals surface area contributed by atoms with Crippen molar-refractivity contribution >= 4 is 23.0 Å². The third-order valence-corrected chi connectivity index (χ3v) is 3.95. The van der Waals surface area contributed by atoms with Crippen LogP contribution in [0.4, 0.5) is 5.69 Å². The molecular weight excluding hydrogens is 288 g/mol. The Morgan fingerprint density at radius 2 is 1.73 bits per heavy atom. The van der Waals surface area contributed by atoms with E-state index in [9.17, 15) is 0 Å². The molecule has 0 unspecified atom stereocenters. The maximum atomic E-state index is 5.43. The van der Waals surface area contributed by atoms with Gasteiger partial charge in [-0.25, -0.2) is 0 Å². The molecule has 0 aliphatic heterocycles. The summed E-state index contributed by atoms with van der Waals surface area (Å²) in [6.45, 7) is 4.32. The number of rotatable bonds is 6. The molecule has 2 aromatic rings. The number of para-hydroxylation sites is 1. The van der Waals surface area contributed by atoms with Crippen LogP contribution in [0, 0.1) is 0 Å². The zero-order chi connectivity index (χ0) is 15.8. The molecule has 0 radical (unpaired) electrons. The second kappa shape index (κ2) is 8.54. The normalized spacial score (nSPS) is 11.7. The fraction of sp³-hybridized carbons (Fsp3) is 0.316. The summed E-state index contributed by atoms with van der Waals surface area (Å²) in [4.78, 5) is 0. The van der Waals surface area contributed by atoms with Gasteiger partial charge in [0.15, 0.2) is 5.11 Å². The van der Waals surface area contributed by atoms with E-state index in [2.05, 4.69) is 73.0 Å². The van der Waals surface area contributed by atoms with E-state index in [1.807, 2.05) is 6.07 Å². The second-order valence-corrected chi connectivity index (χ2v) is 5.94. The molecule has 1 atom stereocenters. The van der Waals surface area contributed by atoms with Crippen LogP contribution in [0.2, 0.25) is 0 Å². The average molecular weight is 312 g/mol. The molecule has 2 aromatic carbocycles. The predicted molar refractivity (Wildman–Crippen MR) is 99.4 cm³/mol. The Hall–Kier alpha value is -1.87.